The topological polar surface area (TPSA) is 61.9 Å². The molecule has 1 N–H and O–H groups in total. The second kappa shape index (κ2) is 8.75. The van der Waals surface area contributed by atoms with E-state index < -0.39 is 17.5 Å². The van der Waals surface area contributed by atoms with Crippen LogP contribution >= 0.6 is 0 Å². The second-order valence-corrected chi connectivity index (χ2v) is 8.17. The van der Waals surface area contributed by atoms with Crippen molar-refractivity contribution in [1.82, 2.24) is 15.1 Å². The lowest BCUT2D eigenvalue weighted by Gasteiger charge is -2.45. The largest absolute Gasteiger partial charge is 0.365 e. The van der Waals surface area contributed by atoms with Gasteiger partial charge < -0.3 is 19.9 Å². The molecule has 1 unspecified atom stereocenters. The number of carbonyl (C=O) groups is 2. The highest BCUT2D eigenvalue weighted by atomic mass is 19.2. The van der Waals surface area contributed by atoms with Crippen LogP contribution in [0.4, 0.5) is 8.78 Å². The number of benzene rings is 1. The number of hydrogen-bond donors (Lipinski definition) is 1. The zero-order valence-electron chi connectivity index (χ0n) is 16.4. The second-order valence-electron chi connectivity index (χ2n) is 8.17. The minimum atomic E-state index is -1.06. The van der Waals surface area contributed by atoms with Crippen molar-refractivity contribution in [2.24, 2.45) is 0 Å². The summed E-state index contributed by atoms with van der Waals surface area (Å²) in [5.41, 5.74) is 0.0519. The maximum atomic E-state index is 13.3. The third-order valence-corrected chi connectivity index (χ3v) is 6.37. The van der Waals surface area contributed by atoms with E-state index in [0.717, 1.165) is 44.1 Å². The van der Waals surface area contributed by atoms with Crippen LogP contribution in [0.3, 0.4) is 0 Å². The van der Waals surface area contributed by atoms with Crippen LogP contribution in [0.25, 0.3) is 0 Å². The first-order valence-electron chi connectivity index (χ1n) is 10.4. The molecule has 0 aromatic heterocycles. The van der Waals surface area contributed by atoms with Gasteiger partial charge in [-0.2, -0.15) is 0 Å². The Labute approximate surface area is 169 Å². The van der Waals surface area contributed by atoms with Crippen molar-refractivity contribution in [2.75, 3.05) is 32.8 Å². The Morgan fingerprint density at radius 1 is 1.10 bits per heavy atom. The first-order valence-corrected chi connectivity index (χ1v) is 10.4. The van der Waals surface area contributed by atoms with Crippen molar-refractivity contribution in [3.63, 3.8) is 0 Å². The quantitative estimate of drug-likeness (QED) is 0.811. The third kappa shape index (κ3) is 4.59. The van der Waals surface area contributed by atoms with E-state index in [2.05, 4.69) is 10.2 Å². The van der Waals surface area contributed by atoms with Gasteiger partial charge in [0.25, 0.3) is 5.91 Å². The predicted molar refractivity (Wildman–Crippen MR) is 102 cm³/mol. The van der Waals surface area contributed by atoms with Gasteiger partial charge in [0.2, 0.25) is 5.91 Å². The minimum Gasteiger partial charge on any atom is -0.365 e. The molecule has 1 saturated carbocycles. The van der Waals surface area contributed by atoms with Crippen LogP contribution in [-0.4, -0.2) is 72.6 Å². The van der Waals surface area contributed by atoms with E-state index in [0.29, 0.717) is 6.54 Å². The van der Waals surface area contributed by atoms with Crippen LogP contribution in [0.5, 0.6) is 0 Å². The maximum Gasteiger partial charge on any atom is 0.251 e. The number of piperidine rings is 1. The fourth-order valence-electron chi connectivity index (χ4n) is 4.38. The SMILES string of the molecule is O=C(NCC1CN(C2CCN(C3CCC3)CC2)C(=O)CO1)c1ccc(F)c(F)c1. The van der Waals surface area contributed by atoms with E-state index in [1.807, 2.05) is 4.90 Å². The summed E-state index contributed by atoms with van der Waals surface area (Å²) in [6.45, 7) is 2.71. The fraction of sp³-hybridized carbons (Fsp3) is 0.619. The molecule has 1 atom stereocenters. The monoisotopic (exact) mass is 407 g/mol. The highest BCUT2D eigenvalue weighted by Crippen LogP contribution is 2.29. The van der Waals surface area contributed by atoms with Crippen molar-refractivity contribution >= 4 is 11.8 Å². The van der Waals surface area contributed by atoms with Crippen LogP contribution in [0, 0.1) is 11.6 Å². The van der Waals surface area contributed by atoms with Gasteiger partial charge in [-0.3, -0.25) is 9.59 Å². The summed E-state index contributed by atoms with van der Waals surface area (Å²) in [5, 5.41) is 2.69. The number of amides is 2. The summed E-state index contributed by atoms with van der Waals surface area (Å²) < 4.78 is 31.9. The first-order chi connectivity index (χ1) is 14.0. The van der Waals surface area contributed by atoms with Crippen molar-refractivity contribution in [3.05, 3.63) is 35.4 Å². The van der Waals surface area contributed by atoms with E-state index in [-0.39, 0.29) is 36.8 Å². The number of likely N-dealkylation sites (tertiary alicyclic amines) is 1. The van der Waals surface area contributed by atoms with Crippen molar-refractivity contribution in [2.45, 2.75) is 50.3 Å². The van der Waals surface area contributed by atoms with Gasteiger partial charge >= 0.3 is 0 Å². The Bertz CT molecular complexity index is 764. The fourth-order valence-corrected chi connectivity index (χ4v) is 4.38. The molecule has 0 bridgehead atoms. The van der Waals surface area contributed by atoms with Crippen molar-refractivity contribution in [3.8, 4) is 0 Å². The molecule has 2 heterocycles. The molecule has 3 fully saturated rings. The van der Waals surface area contributed by atoms with E-state index >= 15 is 0 Å². The summed E-state index contributed by atoms with van der Waals surface area (Å²) >= 11 is 0. The van der Waals surface area contributed by atoms with Crippen LogP contribution in [-0.2, 0) is 9.53 Å². The predicted octanol–water partition coefficient (Wildman–Crippen LogP) is 1.94. The molecule has 2 saturated heterocycles. The average Bonchev–Trinajstić information content (AvgIpc) is 2.68. The van der Waals surface area contributed by atoms with Gasteiger partial charge in [0, 0.05) is 43.8 Å². The standard InChI is InChI=1S/C21H27F2N3O3/c22-18-5-4-14(10-19(18)23)21(28)24-11-17-12-26(20(27)13-29-17)16-6-8-25(9-7-16)15-2-1-3-15/h4-5,10,15-17H,1-3,6-9,11-13H2,(H,24,28). The zero-order chi connectivity index (χ0) is 20.4. The normalized spacial score (nSPS) is 24.4. The molecular weight excluding hydrogens is 380 g/mol. The first kappa shape index (κ1) is 20.2. The van der Waals surface area contributed by atoms with E-state index in [1.54, 1.807) is 0 Å². The van der Waals surface area contributed by atoms with Crippen LogP contribution in [0.2, 0.25) is 0 Å². The number of nitrogens with zero attached hydrogens (tertiary/aromatic N) is 2. The molecule has 29 heavy (non-hydrogen) atoms. The lowest BCUT2D eigenvalue weighted by Crippen LogP contribution is -2.57. The Kier molecular flexibility index (Phi) is 6.10. The van der Waals surface area contributed by atoms with Crippen LogP contribution < -0.4 is 5.32 Å². The molecule has 2 amide bonds. The highest BCUT2D eigenvalue weighted by Gasteiger charge is 2.35. The summed E-state index contributed by atoms with van der Waals surface area (Å²) in [7, 11) is 0. The molecule has 8 heteroatoms. The number of hydrogen-bond acceptors (Lipinski definition) is 4. The lowest BCUT2D eigenvalue weighted by molar-refractivity contribution is -0.153. The molecule has 0 radical (unpaired) electrons. The van der Waals surface area contributed by atoms with Gasteiger partial charge in [-0.05, 0) is 43.9 Å². The Morgan fingerprint density at radius 3 is 2.52 bits per heavy atom. The number of rotatable bonds is 5. The minimum absolute atomic E-state index is 0.00437. The van der Waals surface area contributed by atoms with Crippen molar-refractivity contribution in [1.29, 1.82) is 0 Å². The number of carbonyl (C=O) groups excluding carboxylic acids is 2. The molecule has 1 aromatic carbocycles. The van der Waals surface area contributed by atoms with E-state index in [1.165, 1.54) is 25.3 Å². The number of halogens is 2. The number of ether oxygens (including phenoxy) is 1. The zero-order valence-corrected chi connectivity index (χ0v) is 16.4. The smallest absolute Gasteiger partial charge is 0.251 e. The Morgan fingerprint density at radius 2 is 1.86 bits per heavy atom. The van der Waals surface area contributed by atoms with E-state index in [9.17, 15) is 18.4 Å². The van der Waals surface area contributed by atoms with Gasteiger partial charge in [0.05, 0.1) is 6.10 Å². The number of nitrogens with one attached hydrogen (secondary N) is 1. The van der Waals surface area contributed by atoms with Crippen LogP contribution in [0.1, 0.15) is 42.5 Å². The van der Waals surface area contributed by atoms with Gasteiger partial charge in [-0.15, -0.1) is 0 Å². The molecule has 158 valence electrons. The number of morpholine rings is 1. The Balaban J connectivity index is 1.27. The third-order valence-electron chi connectivity index (χ3n) is 6.37. The lowest BCUT2D eigenvalue weighted by atomic mass is 9.89. The highest BCUT2D eigenvalue weighted by molar-refractivity contribution is 5.94. The van der Waals surface area contributed by atoms with Gasteiger partial charge in [-0.1, -0.05) is 6.42 Å². The molecule has 6 nitrogen and oxygen atoms in total. The molecule has 4 rings (SSSR count). The maximum absolute atomic E-state index is 13.3. The molecule has 1 aliphatic carbocycles. The summed E-state index contributed by atoms with van der Waals surface area (Å²) in [4.78, 5) is 29.0. The Hall–Kier alpha value is -2.06. The molecule has 1 aromatic rings. The van der Waals surface area contributed by atoms with Crippen LogP contribution in [0.15, 0.2) is 18.2 Å². The molecule has 0 spiro atoms. The molecular formula is C21H27F2N3O3. The summed E-state index contributed by atoms with van der Waals surface area (Å²) in [6.07, 6.45) is 5.53. The van der Waals surface area contributed by atoms with E-state index in [4.69, 9.17) is 4.74 Å². The van der Waals surface area contributed by atoms with Gasteiger partial charge in [0.15, 0.2) is 11.6 Å². The molecule has 2 aliphatic heterocycles. The average molecular weight is 407 g/mol. The van der Waals surface area contributed by atoms with Gasteiger partial charge in [0.1, 0.15) is 6.61 Å². The van der Waals surface area contributed by atoms with Gasteiger partial charge in [-0.25, -0.2) is 8.78 Å². The summed E-state index contributed by atoms with van der Waals surface area (Å²) in [6, 6.07) is 3.99. The molecule has 3 aliphatic rings. The van der Waals surface area contributed by atoms with Crippen molar-refractivity contribution < 1.29 is 23.1 Å². The summed E-state index contributed by atoms with van der Waals surface area (Å²) in [5.74, 6) is -2.55.